The lowest BCUT2D eigenvalue weighted by Gasteiger charge is -2.56. The van der Waals surface area contributed by atoms with Crippen LogP contribution in [-0.2, 0) is 5.60 Å². The highest BCUT2D eigenvalue weighted by Crippen LogP contribution is 2.38. The first kappa shape index (κ1) is 27.1. The second-order valence-corrected chi connectivity index (χ2v) is 12.7. The number of fused-ring (bicyclic) bond motifs is 2. The number of benzene rings is 2. The Bertz CT molecular complexity index is 1540. The van der Waals surface area contributed by atoms with Crippen molar-refractivity contribution in [1.29, 1.82) is 0 Å². The highest BCUT2D eigenvalue weighted by molar-refractivity contribution is 5.68. The van der Waals surface area contributed by atoms with E-state index in [1.54, 1.807) is 0 Å². The highest BCUT2D eigenvalue weighted by atomic mass is 16.5. The molecule has 4 heterocycles. The Hall–Kier alpha value is -3.75. The van der Waals surface area contributed by atoms with Crippen LogP contribution in [0.4, 0.5) is 11.5 Å². The smallest absolute Gasteiger partial charge is 0.257 e. The second-order valence-electron chi connectivity index (χ2n) is 12.7. The van der Waals surface area contributed by atoms with Crippen LogP contribution in [-0.4, -0.2) is 57.5 Å². The summed E-state index contributed by atoms with van der Waals surface area (Å²) in [4.78, 5) is 14.5. The van der Waals surface area contributed by atoms with E-state index in [2.05, 4.69) is 73.8 Å². The van der Waals surface area contributed by atoms with Crippen LogP contribution < -0.4 is 15.1 Å². The Morgan fingerprint density at radius 3 is 2.48 bits per heavy atom. The van der Waals surface area contributed by atoms with Crippen LogP contribution in [0.5, 0.6) is 0 Å². The van der Waals surface area contributed by atoms with Crippen molar-refractivity contribution in [2.24, 2.45) is 0 Å². The number of nitrogens with zero attached hydrogens (tertiary/aromatic N) is 5. The number of hydrogen-bond donors (Lipinski definition) is 2. The van der Waals surface area contributed by atoms with Crippen molar-refractivity contribution in [1.82, 2.24) is 20.4 Å². The molecular weight excluding hydrogens is 524 g/mol. The van der Waals surface area contributed by atoms with Gasteiger partial charge in [-0.25, -0.2) is 4.98 Å². The lowest BCUT2D eigenvalue weighted by molar-refractivity contribution is 0.0786. The number of aromatic nitrogens is 3. The summed E-state index contributed by atoms with van der Waals surface area (Å²) in [6.45, 7) is 7.46. The SMILES string of the molecule is Cc1noc(-c2ccc(N3CCC4[C@@H](C3)N[C@@H]3CCCC[C@H]3N4c3cc(-c4cccc(C(C)(C)O)c4)ccn3)cc2)n1. The van der Waals surface area contributed by atoms with Gasteiger partial charge in [0, 0.05) is 54.7 Å². The van der Waals surface area contributed by atoms with Gasteiger partial charge in [0.25, 0.3) is 5.89 Å². The molecule has 0 bridgehead atoms. The van der Waals surface area contributed by atoms with Crippen LogP contribution in [0, 0.1) is 6.92 Å². The molecule has 1 aliphatic carbocycles. The Morgan fingerprint density at radius 2 is 1.69 bits per heavy atom. The summed E-state index contributed by atoms with van der Waals surface area (Å²) in [5, 5.41) is 18.6. The molecule has 8 nitrogen and oxygen atoms in total. The molecule has 4 atom stereocenters. The Morgan fingerprint density at radius 1 is 0.905 bits per heavy atom. The molecule has 42 heavy (non-hydrogen) atoms. The predicted molar refractivity (Wildman–Crippen MR) is 165 cm³/mol. The molecule has 1 saturated carbocycles. The molecule has 0 spiro atoms. The van der Waals surface area contributed by atoms with E-state index in [0.29, 0.717) is 35.9 Å². The standard InChI is InChI=1S/C34H40N6O2/c1-22-36-33(42-38-22)23-11-13-27(14-12-23)39-18-16-31-29(21-39)37-28-9-4-5-10-30(28)40(31)32-20-25(15-17-35-32)24-7-6-8-26(19-24)34(2,3)41/h6-8,11-15,17,19-20,28-31,37,41H,4-5,9-10,16,18,21H2,1-3H3/t28-,29-,30-,31?/m1/s1. The summed E-state index contributed by atoms with van der Waals surface area (Å²) in [6, 6.07) is 22.8. The van der Waals surface area contributed by atoms with Crippen LogP contribution in [0.25, 0.3) is 22.6 Å². The minimum Gasteiger partial charge on any atom is -0.386 e. The van der Waals surface area contributed by atoms with Crippen molar-refractivity contribution in [3.8, 4) is 22.6 Å². The molecule has 8 heteroatoms. The number of aliphatic hydroxyl groups is 1. The summed E-state index contributed by atoms with van der Waals surface area (Å²) >= 11 is 0. The summed E-state index contributed by atoms with van der Waals surface area (Å²) in [5.74, 6) is 2.28. The molecule has 218 valence electrons. The Labute approximate surface area is 247 Å². The van der Waals surface area contributed by atoms with Gasteiger partial charge in [0.2, 0.25) is 0 Å². The summed E-state index contributed by atoms with van der Waals surface area (Å²) < 4.78 is 5.36. The van der Waals surface area contributed by atoms with E-state index in [0.717, 1.165) is 47.6 Å². The van der Waals surface area contributed by atoms with Gasteiger partial charge in [0.05, 0.1) is 5.60 Å². The van der Waals surface area contributed by atoms with Gasteiger partial charge in [0.15, 0.2) is 5.82 Å². The van der Waals surface area contributed by atoms with E-state index < -0.39 is 5.60 Å². The van der Waals surface area contributed by atoms with E-state index in [1.807, 2.05) is 39.1 Å². The van der Waals surface area contributed by atoms with Gasteiger partial charge in [-0.2, -0.15) is 4.98 Å². The quantitative estimate of drug-likeness (QED) is 0.319. The molecule has 3 aliphatic rings. The van der Waals surface area contributed by atoms with E-state index >= 15 is 0 Å². The average molecular weight is 565 g/mol. The first-order chi connectivity index (χ1) is 20.3. The zero-order chi connectivity index (χ0) is 28.8. The number of piperazine rings is 1. The van der Waals surface area contributed by atoms with E-state index in [1.165, 1.54) is 31.4 Å². The lowest BCUT2D eigenvalue weighted by Crippen LogP contribution is -2.72. The number of anilines is 2. The van der Waals surface area contributed by atoms with Gasteiger partial charge in [-0.15, -0.1) is 0 Å². The molecule has 2 aromatic heterocycles. The van der Waals surface area contributed by atoms with Crippen molar-refractivity contribution in [2.45, 2.75) is 82.6 Å². The van der Waals surface area contributed by atoms with Crippen LogP contribution in [0.15, 0.2) is 71.4 Å². The minimum absolute atomic E-state index is 0.348. The molecule has 4 aromatic rings. The number of hydrogen-bond acceptors (Lipinski definition) is 8. The van der Waals surface area contributed by atoms with Crippen LogP contribution in [0.3, 0.4) is 0 Å². The van der Waals surface area contributed by atoms with Gasteiger partial charge in [-0.3, -0.25) is 0 Å². The topological polar surface area (TPSA) is 90.6 Å². The molecule has 0 amide bonds. The van der Waals surface area contributed by atoms with Crippen molar-refractivity contribution in [2.75, 3.05) is 22.9 Å². The zero-order valence-electron chi connectivity index (χ0n) is 24.7. The fourth-order valence-electron chi connectivity index (χ4n) is 7.22. The van der Waals surface area contributed by atoms with Gasteiger partial charge in [-0.05, 0) is 99.2 Å². The third kappa shape index (κ3) is 5.18. The molecule has 3 fully saturated rings. The largest absolute Gasteiger partial charge is 0.386 e. The fourth-order valence-corrected chi connectivity index (χ4v) is 7.22. The van der Waals surface area contributed by atoms with Gasteiger partial charge >= 0.3 is 0 Å². The van der Waals surface area contributed by atoms with Gasteiger partial charge < -0.3 is 24.7 Å². The summed E-state index contributed by atoms with van der Waals surface area (Å²) in [6.07, 6.45) is 7.96. The van der Waals surface area contributed by atoms with Crippen molar-refractivity contribution >= 4 is 11.5 Å². The third-order valence-corrected chi connectivity index (χ3v) is 9.37. The zero-order valence-corrected chi connectivity index (χ0v) is 24.7. The average Bonchev–Trinajstić information content (AvgIpc) is 3.45. The first-order valence-corrected chi connectivity index (χ1v) is 15.3. The molecular formula is C34H40N6O2. The number of nitrogens with one attached hydrogen (secondary N) is 1. The van der Waals surface area contributed by atoms with Crippen molar-refractivity contribution < 1.29 is 9.63 Å². The monoisotopic (exact) mass is 564 g/mol. The first-order valence-electron chi connectivity index (χ1n) is 15.3. The summed E-state index contributed by atoms with van der Waals surface area (Å²) in [7, 11) is 0. The summed E-state index contributed by atoms with van der Waals surface area (Å²) in [5.41, 5.74) is 4.45. The molecule has 7 rings (SSSR count). The predicted octanol–water partition coefficient (Wildman–Crippen LogP) is 5.70. The molecule has 2 saturated heterocycles. The van der Waals surface area contributed by atoms with E-state index in [4.69, 9.17) is 9.51 Å². The van der Waals surface area contributed by atoms with Crippen LogP contribution in [0.2, 0.25) is 0 Å². The van der Waals surface area contributed by atoms with Crippen LogP contribution >= 0.6 is 0 Å². The number of aryl methyl sites for hydroxylation is 1. The number of rotatable bonds is 5. The van der Waals surface area contributed by atoms with E-state index in [9.17, 15) is 5.11 Å². The molecule has 1 unspecified atom stereocenters. The molecule has 0 radical (unpaired) electrons. The fraction of sp³-hybridized carbons (Fsp3) is 0.441. The Balaban J connectivity index is 1.16. The number of pyridine rings is 1. The van der Waals surface area contributed by atoms with Gasteiger partial charge in [0.1, 0.15) is 5.82 Å². The molecule has 2 aliphatic heterocycles. The van der Waals surface area contributed by atoms with Crippen molar-refractivity contribution in [3.63, 3.8) is 0 Å². The van der Waals surface area contributed by atoms with Crippen molar-refractivity contribution in [3.05, 3.63) is 78.2 Å². The maximum Gasteiger partial charge on any atom is 0.257 e. The molecule has 2 aromatic carbocycles. The lowest BCUT2D eigenvalue weighted by atomic mass is 9.81. The van der Waals surface area contributed by atoms with Crippen LogP contribution in [0.1, 0.15) is 57.3 Å². The third-order valence-electron chi connectivity index (χ3n) is 9.37. The highest BCUT2D eigenvalue weighted by Gasteiger charge is 2.46. The van der Waals surface area contributed by atoms with Gasteiger partial charge in [-0.1, -0.05) is 36.2 Å². The van der Waals surface area contributed by atoms with E-state index in [-0.39, 0.29) is 0 Å². The minimum atomic E-state index is -0.882. The normalized spacial score (nSPS) is 24.3. The molecule has 2 N–H and O–H groups in total. The number of piperidine rings is 1. The maximum absolute atomic E-state index is 10.6. The second kappa shape index (κ2) is 10.8. The Kier molecular flexibility index (Phi) is 6.98. The maximum atomic E-state index is 10.6.